The zero-order valence-corrected chi connectivity index (χ0v) is 9.00. The second-order valence-electron chi connectivity index (χ2n) is 4.24. The van der Waals surface area contributed by atoms with Crippen LogP contribution in [0.5, 0.6) is 0 Å². The van der Waals surface area contributed by atoms with Crippen molar-refractivity contribution < 1.29 is 0 Å². The number of rotatable bonds is 4. The molecule has 1 saturated heterocycles. The first-order chi connectivity index (χ1) is 6.24. The number of piperidine rings is 1. The molecule has 0 radical (unpaired) electrons. The summed E-state index contributed by atoms with van der Waals surface area (Å²) in [6, 6.07) is 0.743. The van der Waals surface area contributed by atoms with Crippen LogP contribution in [0.15, 0.2) is 0 Å². The minimum atomic E-state index is 0.743. The van der Waals surface area contributed by atoms with E-state index < -0.39 is 0 Å². The average Bonchev–Trinajstić information content (AvgIpc) is 2.08. The molecule has 1 atom stereocenters. The summed E-state index contributed by atoms with van der Waals surface area (Å²) in [4.78, 5) is 4.82. The van der Waals surface area contributed by atoms with Gasteiger partial charge in [0, 0.05) is 25.7 Å². The first-order valence-corrected chi connectivity index (χ1v) is 5.33. The lowest BCUT2D eigenvalue weighted by molar-refractivity contribution is 0.125. The summed E-state index contributed by atoms with van der Waals surface area (Å²) >= 11 is 0. The second-order valence-corrected chi connectivity index (χ2v) is 4.24. The van der Waals surface area contributed by atoms with Crippen LogP contribution in [-0.4, -0.2) is 56.1 Å². The molecule has 0 bridgehead atoms. The van der Waals surface area contributed by atoms with Gasteiger partial charge in [0.25, 0.3) is 0 Å². The third kappa shape index (κ3) is 3.63. The third-order valence-electron chi connectivity index (χ3n) is 2.74. The molecule has 13 heavy (non-hydrogen) atoms. The molecular weight excluding hydrogens is 162 g/mol. The summed E-state index contributed by atoms with van der Waals surface area (Å²) in [6.45, 7) is 4.29. The van der Waals surface area contributed by atoms with Gasteiger partial charge in [-0.3, -0.25) is 4.90 Å². The summed E-state index contributed by atoms with van der Waals surface area (Å²) in [6.07, 6.45) is 4.09. The Balaban J connectivity index is 2.36. The molecule has 1 aliphatic heterocycles. The fraction of sp³-hybridized carbons (Fsp3) is 1.00. The van der Waals surface area contributed by atoms with E-state index in [2.05, 4.69) is 23.9 Å². The summed E-state index contributed by atoms with van der Waals surface area (Å²) in [5.41, 5.74) is 5.60. The smallest absolute Gasteiger partial charge is 0.0223 e. The van der Waals surface area contributed by atoms with Gasteiger partial charge in [-0.05, 0) is 33.5 Å². The van der Waals surface area contributed by atoms with Gasteiger partial charge in [-0.25, -0.2) is 0 Å². The first-order valence-electron chi connectivity index (χ1n) is 5.33. The van der Waals surface area contributed by atoms with Crippen LogP contribution in [0.1, 0.15) is 19.3 Å². The number of nitrogens with zero attached hydrogens (tertiary/aromatic N) is 2. The van der Waals surface area contributed by atoms with Crippen molar-refractivity contribution in [1.29, 1.82) is 0 Å². The van der Waals surface area contributed by atoms with Gasteiger partial charge in [-0.2, -0.15) is 0 Å². The van der Waals surface area contributed by atoms with Crippen molar-refractivity contribution in [2.24, 2.45) is 5.73 Å². The lowest BCUT2D eigenvalue weighted by atomic mass is 10.0. The van der Waals surface area contributed by atoms with Crippen LogP contribution in [0.2, 0.25) is 0 Å². The number of hydrogen-bond acceptors (Lipinski definition) is 3. The Morgan fingerprint density at radius 3 is 2.77 bits per heavy atom. The number of nitrogens with two attached hydrogens (primary N) is 1. The van der Waals surface area contributed by atoms with E-state index in [1.807, 2.05) is 0 Å². The summed E-state index contributed by atoms with van der Waals surface area (Å²) < 4.78 is 0. The first kappa shape index (κ1) is 11.0. The number of likely N-dealkylation sites (N-methyl/N-ethyl adjacent to an activating group) is 1. The quantitative estimate of drug-likeness (QED) is 0.686. The van der Waals surface area contributed by atoms with E-state index in [1.54, 1.807) is 0 Å². The monoisotopic (exact) mass is 185 g/mol. The molecule has 0 aromatic carbocycles. The van der Waals surface area contributed by atoms with Gasteiger partial charge in [0.1, 0.15) is 0 Å². The van der Waals surface area contributed by atoms with Gasteiger partial charge in [0.2, 0.25) is 0 Å². The van der Waals surface area contributed by atoms with Crippen molar-refractivity contribution >= 4 is 0 Å². The highest BCUT2D eigenvalue weighted by atomic mass is 15.2. The Morgan fingerprint density at radius 2 is 2.15 bits per heavy atom. The minimum absolute atomic E-state index is 0.743. The largest absolute Gasteiger partial charge is 0.329 e. The number of hydrogen-bond donors (Lipinski definition) is 1. The molecule has 0 amide bonds. The molecule has 1 unspecified atom stereocenters. The lowest BCUT2D eigenvalue weighted by Crippen LogP contribution is -2.47. The molecule has 1 fully saturated rings. The molecule has 0 aromatic heterocycles. The molecule has 78 valence electrons. The topological polar surface area (TPSA) is 32.5 Å². The summed E-state index contributed by atoms with van der Waals surface area (Å²) in [7, 11) is 4.30. The molecule has 0 saturated carbocycles. The average molecular weight is 185 g/mol. The Hall–Kier alpha value is -0.120. The molecular formula is C10H23N3. The SMILES string of the molecule is CN(C)CC1CCCCN1CCN. The second kappa shape index (κ2) is 5.58. The van der Waals surface area contributed by atoms with Crippen molar-refractivity contribution in [3.05, 3.63) is 0 Å². The van der Waals surface area contributed by atoms with Gasteiger partial charge >= 0.3 is 0 Å². The molecule has 1 aliphatic rings. The van der Waals surface area contributed by atoms with E-state index in [-0.39, 0.29) is 0 Å². The fourth-order valence-corrected chi connectivity index (χ4v) is 2.15. The fourth-order valence-electron chi connectivity index (χ4n) is 2.15. The molecule has 1 heterocycles. The summed E-state index contributed by atoms with van der Waals surface area (Å²) in [5.74, 6) is 0. The maximum atomic E-state index is 5.60. The Labute approximate surface area is 81.9 Å². The van der Waals surface area contributed by atoms with Gasteiger partial charge in [0.05, 0.1) is 0 Å². The van der Waals surface area contributed by atoms with Crippen LogP contribution in [0.4, 0.5) is 0 Å². The zero-order valence-electron chi connectivity index (χ0n) is 9.00. The van der Waals surface area contributed by atoms with Crippen molar-refractivity contribution in [2.75, 3.05) is 40.3 Å². The van der Waals surface area contributed by atoms with Crippen LogP contribution in [0, 0.1) is 0 Å². The predicted octanol–water partition coefficient (Wildman–Crippen LogP) is 0.361. The highest BCUT2D eigenvalue weighted by Crippen LogP contribution is 2.16. The molecule has 3 heteroatoms. The van der Waals surface area contributed by atoms with Crippen LogP contribution in [0.3, 0.4) is 0 Å². The van der Waals surface area contributed by atoms with Crippen LogP contribution in [-0.2, 0) is 0 Å². The summed E-state index contributed by atoms with van der Waals surface area (Å²) in [5, 5.41) is 0. The van der Waals surface area contributed by atoms with Gasteiger partial charge < -0.3 is 10.6 Å². The molecule has 3 nitrogen and oxygen atoms in total. The predicted molar refractivity (Wildman–Crippen MR) is 56.8 cm³/mol. The highest BCUT2D eigenvalue weighted by Gasteiger charge is 2.21. The molecule has 0 spiro atoms. The standard InChI is InChI=1S/C10H23N3/c1-12(2)9-10-5-3-4-7-13(10)8-6-11/h10H,3-9,11H2,1-2H3. The molecule has 2 N–H and O–H groups in total. The van der Waals surface area contributed by atoms with Crippen molar-refractivity contribution in [3.63, 3.8) is 0 Å². The maximum absolute atomic E-state index is 5.60. The van der Waals surface area contributed by atoms with E-state index in [0.717, 1.165) is 19.1 Å². The highest BCUT2D eigenvalue weighted by molar-refractivity contribution is 4.78. The van der Waals surface area contributed by atoms with Crippen LogP contribution in [0.25, 0.3) is 0 Å². The van der Waals surface area contributed by atoms with E-state index >= 15 is 0 Å². The van der Waals surface area contributed by atoms with E-state index in [1.165, 1.54) is 32.4 Å². The van der Waals surface area contributed by atoms with Crippen LogP contribution < -0.4 is 5.73 Å². The van der Waals surface area contributed by atoms with Crippen molar-refractivity contribution in [2.45, 2.75) is 25.3 Å². The molecule has 0 aromatic rings. The van der Waals surface area contributed by atoms with Crippen molar-refractivity contribution in [1.82, 2.24) is 9.80 Å². The van der Waals surface area contributed by atoms with Gasteiger partial charge in [-0.1, -0.05) is 6.42 Å². The van der Waals surface area contributed by atoms with E-state index in [4.69, 9.17) is 5.73 Å². The van der Waals surface area contributed by atoms with Gasteiger partial charge in [-0.15, -0.1) is 0 Å². The third-order valence-corrected chi connectivity index (χ3v) is 2.74. The Bertz CT molecular complexity index is 134. The minimum Gasteiger partial charge on any atom is -0.329 e. The van der Waals surface area contributed by atoms with Crippen molar-refractivity contribution in [3.8, 4) is 0 Å². The van der Waals surface area contributed by atoms with Gasteiger partial charge in [0.15, 0.2) is 0 Å². The molecule has 0 aliphatic carbocycles. The maximum Gasteiger partial charge on any atom is 0.0223 e. The lowest BCUT2D eigenvalue weighted by Gasteiger charge is -2.36. The normalized spacial score (nSPS) is 25.4. The Morgan fingerprint density at radius 1 is 1.38 bits per heavy atom. The van der Waals surface area contributed by atoms with E-state index in [0.29, 0.717) is 0 Å². The van der Waals surface area contributed by atoms with E-state index in [9.17, 15) is 0 Å². The zero-order chi connectivity index (χ0) is 9.68. The Kier molecular flexibility index (Phi) is 4.70. The number of likely N-dealkylation sites (tertiary alicyclic amines) is 1. The van der Waals surface area contributed by atoms with Crippen LogP contribution >= 0.6 is 0 Å². The molecule has 1 rings (SSSR count).